The van der Waals surface area contributed by atoms with Gasteiger partial charge in [0.1, 0.15) is 0 Å². The smallest absolute Gasteiger partial charge is 0.0834 e. The summed E-state index contributed by atoms with van der Waals surface area (Å²) in [4.78, 5) is 0. The first-order valence-electron chi connectivity index (χ1n) is 6.96. The zero-order valence-electron chi connectivity index (χ0n) is 12.6. The molecule has 0 aliphatic carbocycles. The Morgan fingerprint density at radius 1 is 1.42 bits per heavy atom. The van der Waals surface area contributed by atoms with Crippen LogP contribution < -0.4 is 5.32 Å². The van der Waals surface area contributed by atoms with E-state index in [2.05, 4.69) is 38.1 Å². The molecule has 1 N–H and O–H groups in total. The van der Waals surface area contributed by atoms with Crippen LogP contribution in [0.3, 0.4) is 0 Å². The average molecular weight is 288 g/mol. The van der Waals surface area contributed by atoms with Gasteiger partial charge < -0.3 is 10.1 Å². The van der Waals surface area contributed by atoms with Crippen LogP contribution in [-0.4, -0.2) is 30.0 Å². The second-order valence-corrected chi connectivity index (χ2v) is 5.64. The summed E-state index contributed by atoms with van der Waals surface area (Å²) in [6, 6.07) is 0.219. The molecule has 4 nitrogen and oxygen atoms in total. The van der Waals surface area contributed by atoms with Crippen molar-refractivity contribution in [1.82, 2.24) is 15.1 Å². The van der Waals surface area contributed by atoms with Crippen LogP contribution >= 0.6 is 11.6 Å². The number of nitrogens with one attached hydrogen (secondary N) is 1. The van der Waals surface area contributed by atoms with E-state index in [4.69, 9.17) is 16.3 Å². The molecule has 0 saturated heterocycles. The second-order valence-electron chi connectivity index (χ2n) is 5.23. The molecule has 0 aliphatic heterocycles. The third kappa shape index (κ3) is 4.20. The van der Waals surface area contributed by atoms with Gasteiger partial charge in [-0.2, -0.15) is 5.10 Å². The molecule has 1 rings (SSSR count). The largest absolute Gasteiger partial charge is 0.383 e. The van der Waals surface area contributed by atoms with Gasteiger partial charge in [0.05, 0.1) is 36.1 Å². The van der Waals surface area contributed by atoms with E-state index in [1.807, 2.05) is 4.68 Å². The third-order valence-electron chi connectivity index (χ3n) is 3.64. The fourth-order valence-corrected chi connectivity index (χ4v) is 2.43. The van der Waals surface area contributed by atoms with Crippen molar-refractivity contribution < 1.29 is 4.74 Å². The van der Waals surface area contributed by atoms with Crippen molar-refractivity contribution in [3.05, 3.63) is 16.9 Å². The lowest BCUT2D eigenvalue weighted by Crippen LogP contribution is -2.32. The summed E-state index contributed by atoms with van der Waals surface area (Å²) in [5.41, 5.74) is 1.07. The number of ether oxygens (including phenoxy) is 1. The minimum Gasteiger partial charge on any atom is -0.383 e. The summed E-state index contributed by atoms with van der Waals surface area (Å²) < 4.78 is 7.09. The van der Waals surface area contributed by atoms with Crippen LogP contribution in [-0.2, 0) is 11.3 Å². The van der Waals surface area contributed by atoms with E-state index in [0.717, 1.165) is 23.8 Å². The van der Waals surface area contributed by atoms with Gasteiger partial charge in [-0.05, 0) is 18.4 Å². The quantitative estimate of drug-likeness (QED) is 0.798. The summed E-state index contributed by atoms with van der Waals surface area (Å²) >= 11 is 6.34. The predicted molar refractivity (Wildman–Crippen MR) is 79.5 cm³/mol. The van der Waals surface area contributed by atoms with Crippen LogP contribution in [0.25, 0.3) is 0 Å². The molecule has 0 saturated carbocycles. The fourth-order valence-electron chi connectivity index (χ4n) is 2.17. The van der Waals surface area contributed by atoms with Gasteiger partial charge in [-0.15, -0.1) is 0 Å². The van der Waals surface area contributed by atoms with Crippen molar-refractivity contribution in [3.8, 4) is 0 Å². The molecule has 1 heterocycles. The normalized spacial score (nSPS) is 14.9. The van der Waals surface area contributed by atoms with Gasteiger partial charge in [-0.3, -0.25) is 4.68 Å². The van der Waals surface area contributed by atoms with Crippen LogP contribution in [0, 0.1) is 11.8 Å². The number of methoxy groups -OCH3 is 1. The molecule has 0 aromatic carbocycles. The molecule has 0 bridgehead atoms. The number of hydrogen-bond donors (Lipinski definition) is 1. The van der Waals surface area contributed by atoms with Gasteiger partial charge in [-0.25, -0.2) is 0 Å². The summed E-state index contributed by atoms with van der Waals surface area (Å²) in [7, 11) is 1.70. The van der Waals surface area contributed by atoms with Crippen molar-refractivity contribution in [1.29, 1.82) is 0 Å². The maximum absolute atomic E-state index is 6.34. The molecule has 2 atom stereocenters. The molecule has 2 unspecified atom stereocenters. The van der Waals surface area contributed by atoms with E-state index in [0.29, 0.717) is 18.4 Å². The molecule has 1 aromatic rings. The standard InChI is InChI=1S/C14H26ClN3O/c1-6-16-13(11(4)10(2)3)14-12(15)9-17-18(14)7-8-19-5/h9-11,13,16H,6-8H2,1-5H3. The Balaban J connectivity index is 3.03. The molecule has 5 heteroatoms. The average Bonchev–Trinajstić information content (AvgIpc) is 2.74. The van der Waals surface area contributed by atoms with Gasteiger partial charge in [0.2, 0.25) is 0 Å². The summed E-state index contributed by atoms with van der Waals surface area (Å²) in [5, 5.41) is 8.63. The van der Waals surface area contributed by atoms with Crippen molar-refractivity contribution in [2.24, 2.45) is 11.8 Å². The molecule has 19 heavy (non-hydrogen) atoms. The second kappa shape index (κ2) is 7.88. The molecule has 110 valence electrons. The molecule has 0 aliphatic rings. The summed E-state index contributed by atoms with van der Waals surface area (Å²) in [6.07, 6.45) is 1.73. The topological polar surface area (TPSA) is 39.1 Å². The van der Waals surface area contributed by atoms with E-state index < -0.39 is 0 Å². The van der Waals surface area contributed by atoms with Crippen LogP contribution in [0.2, 0.25) is 5.02 Å². The van der Waals surface area contributed by atoms with Gasteiger partial charge in [0, 0.05) is 7.11 Å². The highest BCUT2D eigenvalue weighted by Gasteiger charge is 2.26. The van der Waals surface area contributed by atoms with Crippen molar-refractivity contribution in [2.45, 2.75) is 40.3 Å². The first-order chi connectivity index (χ1) is 9.02. The Hall–Kier alpha value is -0.580. The van der Waals surface area contributed by atoms with E-state index >= 15 is 0 Å². The van der Waals surface area contributed by atoms with Gasteiger partial charge >= 0.3 is 0 Å². The van der Waals surface area contributed by atoms with E-state index in [1.165, 1.54) is 0 Å². The summed E-state index contributed by atoms with van der Waals surface area (Å²) in [6.45, 7) is 11.1. The lowest BCUT2D eigenvalue weighted by atomic mass is 9.88. The van der Waals surface area contributed by atoms with Gasteiger partial charge in [0.25, 0.3) is 0 Å². The zero-order valence-corrected chi connectivity index (χ0v) is 13.4. The van der Waals surface area contributed by atoms with E-state index in [-0.39, 0.29) is 6.04 Å². The Bertz CT molecular complexity index is 379. The number of nitrogens with zero attached hydrogens (tertiary/aromatic N) is 2. The first kappa shape index (κ1) is 16.5. The monoisotopic (exact) mass is 287 g/mol. The molecule has 0 radical (unpaired) electrons. The Morgan fingerprint density at radius 3 is 2.63 bits per heavy atom. The van der Waals surface area contributed by atoms with Crippen molar-refractivity contribution in [2.75, 3.05) is 20.3 Å². The highest BCUT2D eigenvalue weighted by Crippen LogP contribution is 2.32. The van der Waals surface area contributed by atoms with Crippen LogP contribution in [0.15, 0.2) is 6.20 Å². The number of halogens is 1. The zero-order chi connectivity index (χ0) is 14.4. The molecule has 0 spiro atoms. The lowest BCUT2D eigenvalue weighted by molar-refractivity contribution is 0.179. The number of hydrogen-bond acceptors (Lipinski definition) is 3. The highest BCUT2D eigenvalue weighted by atomic mass is 35.5. The lowest BCUT2D eigenvalue weighted by Gasteiger charge is -2.28. The van der Waals surface area contributed by atoms with E-state index in [9.17, 15) is 0 Å². The van der Waals surface area contributed by atoms with Crippen LogP contribution in [0.5, 0.6) is 0 Å². The van der Waals surface area contributed by atoms with Crippen LogP contribution in [0.1, 0.15) is 39.4 Å². The first-order valence-corrected chi connectivity index (χ1v) is 7.34. The van der Waals surface area contributed by atoms with Crippen molar-refractivity contribution >= 4 is 11.6 Å². The minimum absolute atomic E-state index is 0.219. The molecular formula is C14H26ClN3O. The molecular weight excluding hydrogens is 262 g/mol. The third-order valence-corrected chi connectivity index (χ3v) is 3.93. The van der Waals surface area contributed by atoms with E-state index in [1.54, 1.807) is 13.3 Å². The SMILES string of the molecule is CCNC(c1c(Cl)cnn1CCOC)C(C)C(C)C. The molecule has 0 fully saturated rings. The van der Waals surface area contributed by atoms with Gasteiger partial charge in [0.15, 0.2) is 0 Å². The number of aromatic nitrogens is 2. The minimum atomic E-state index is 0.219. The van der Waals surface area contributed by atoms with Gasteiger partial charge in [-0.1, -0.05) is 39.3 Å². The van der Waals surface area contributed by atoms with Crippen LogP contribution in [0.4, 0.5) is 0 Å². The maximum Gasteiger partial charge on any atom is 0.0834 e. The predicted octanol–water partition coefficient (Wildman–Crippen LogP) is 3.13. The van der Waals surface area contributed by atoms with Crippen molar-refractivity contribution in [3.63, 3.8) is 0 Å². The maximum atomic E-state index is 6.34. The molecule has 1 aromatic heterocycles. The molecule has 0 amide bonds. The Morgan fingerprint density at radius 2 is 2.11 bits per heavy atom. The Labute approximate surface area is 121 Å². The fraction of sp³-hybridized carbons (Fsp3) is 0.786. The highest BCUT2D eigenvalue weighted by molar-refractivity contribution is 6.31. The number of rotatable bonds is 8. The Kier molecular flexibility index (Phi) is 6.83. The summed E-state index contributed by atoms with van der Waals surface area (Å²) in [5.74, 6) is 1.06.